The summed E-state index contributed by atoms with van der Waals surface area (Å²) in [6.45, 7) is 0.304. The van der Waals surface area contributed by atoms with Gasteiger partial charge in [0.2, 0.25) is 5.90 Å². The molecule has 7 heteroatoms. The average molecular weight is 450 g/mol. The molecule has 0 spiro atoms. The van der Waals surface area contributed by atoms with Crippen molar-refractivity contribution < 1.29 is 23.7 Å². The highest BCUT2D eigenvalue weighted by molar-refractivity contribution is 6.31. The number of esters is 1. The minimum absolute atomic E-state index is 0.197. The predicted octanol–water partition coefficient (Wildman–Crippen LogP) is 5.28. The molecular formula is C25H20ClNO5. The van der Waals surface area contributed by atoms with Crippen molar-refractivity contribution in [1.82, 2.24) is 0 Å². The summed E-state index contributed by atoms with van der Waals surface area (Å²) in [6.07, 6.45) is 1.64. The highest BCUT2D eigenvalue weighted by Gasteiger charge is 2.24. The van der Waals surface area contributed by atoms with Crippen LogP contribution in [0, 0.1) is 0 Å². The molecule has 3 aromatic rings. The first kappa shape index (κ1) is 21.5. The fourth-order valence-electron chi connectivity index (χ4n) is 3.09. The van der Waals surface area contributed by atoms with E-state index < -0.39 is 5.97 Å². The summed E-state index contributed by atoms with van der Waals surface area (Å²) in [5.74, 6) is 1.52. The fourth-order valence-corrected chi connectivity index (χ4v) is 3.28. The normalized spacial score (nSPS) is 14.2. The molecular weight excluding hydrogens is 430 g/mol. The first-order valence-electron chi connectivity index (χ1n) is 9.78. The topological polar surface area (TPSA) is 66.3 Å². The monoisotopic (exact) mass is 449 g/mol. The maximum absolute atomic E-state index is 12.3. The Balaban J connectivity index is 1.53. The van der Waals surface area contributed by atoms with Crippen LogP contribution in [0.25, 0.3) is 6.08 Å². The van der Waals surface area contributed by atoms with E-state index in [1.807, 2.05) is 30.3 Å². The number of nitrogens with zero attached hydrogens (tertiary/aromatic N) is 1. The van der Waals surface area contributed by atoms with Gasteiger partial charge in [0.15, 0.2) is 17.2 Å². The lowest BCUT2D eigenvalue weighted by Gasteiger charge is -2.12. The summed E-state index contributed by atoms with van der Waals surface area (Å²) in [5, 5.41) is 0.637. The molecule has 32 heavy (non-hydrogen) atoms. The molecule has 162 valence electrons. The van der Waals surface area contributed by atoms with Crippen LogP contribution in [0.5, 0.6) is 17.2 Å². The van der Waals surface area contributed by atoms with E-state index in [9.17, 15) is 4.79 Å². The zero-order chi connectivity index (χ0) is 22.5. The SMILES string of the molecule is COc1ccc(C2=NC(=Cc3ccc(OCc4ccccc4Cl)c(OC)c3)C(=O)O2)cc1. The molecule has 0 aromatic heterocycles. The quantitative estimate of drug-likeness (QED) is 0.362. The van der Waals surface area contributed by atoms with Crippen LogP contribution in [0.3, 0.4) is 0 Å². The molecule has 0 bridgehead atoms. The Kier molecular flexibility index (Phi) is 6.42. The molecule has 0 N–H and O–H groups in total. The number of hydrogen-bond acceptors (Lipinski definition) is 6. The molecule has 1 aliphatic rings. The summed E-state index contributed by atoms with van der Waals surface area (Å²) < 4.78 is 21.8. The van der Waals surface area contributed by atoms with Gasteiger partial charge in [-0.25, -0.2) is 9.79 Å². The molecule has 0 saturated carbocycles. The Morgan fingerprint density at radius 3 is 2.47 bits per heavy atom. The van der Waals surface area contributed by atoms with Gasteiger partial charge >= 0.3 is 5.97 Å². The Labute approximate surface area is 190 Å². The van der Waals surface area contributed by atoms with E-state index in [4.69, 9.17) is 30.5 Å². The molecule has 0 fully saturated rings. The van der Waals surface area contributed by atoms with Gasteiger partial charge in [-0.3, -0.25) is 0 Å². The highest BCUT2D eigenvalue weighted by atomic mass is 35.5. The van der Waals surface area contributed by atoms with Crippen LogP contribution < -0.4 is 14.2 Å². The largest absolute Gasteiger partial charge is 0.497 e. The number of aliphatic imine (C=N–C) groups is 1. The Hall–Kier alpha value is -3.77. The van der Waals surface area contributed by atoms with Crippen LogP contribution in [0.4, 0.5) is 0 Å². The third kappa shape index (κ3) is 4.76. The molecule has 0 amide bonds. The number of ether oxygens (including phenoxy) is 4. The second kappa shape index (κ2) is 9.58. The number of cyclic esters (lactones) is 1. The Morgan fingerprint density at radius 1 is 0.969 bits per heavy atom. The number of benzene rings is 3. The summed E-state index contributed by atoms with van der Waals surface area (Å²) in [7, 11) is 3.14. The standard InChI is InChI=1S/C25H20ClNO5/c1-29-19-10-8-17(9-11-19)24-27-21(25(28)32-24)13-16-7-12-22(23(14-16)30-2)31-15-18-5-3-4-6-20(18)26/h3-14H,15H2,1-2H3. The van der Waals surface area contributed by atoms with Gasteiger partial charge in [-0.05, 0) is 54.1 Å². The van der Waals surface area contributed by atoms with Crippen LogP contribution in [-0.2, 0) is 16.1 Å². The minimum Gasteiger partial charge on any atom is -0.497 e. The number of methoxy groups -OCH3 is 2. The van der Waals surface area contributed by atoms with Crippen molar-refractivity contribution in [2.45, 2.75) is 6.61 Å². The third-order valence-corrected chi connectivity index (χ3v) is 5.16. The van der Waals surface area contributed by atoms with Crippen molar-refractivity contribution in [3.05, 3.63) is 94.1 Å². The average Bonchev–Trinajstić information content (AvgIpc) is 3.19. The van der Waals surface area contributed by atoms with E-state index >= 15 is 0 Å². The van der Waals surface area contributed by atoms with Crippen molar-refractivity contribution in [3.8, 4) is 17.2 Å². The maximum atomic E-state index is 12.3. The molecule has 4 rings (SSSR count). The lowest BCUT2D eigenvalue weighted by Crippen LogP contribution is -2.05. The zero-order valence-corrected chi connectivity index (χ0v) is 18.3. The van der Waals surface area contributed by atoms with Gasteiger partial charge in [0.05, 0.1) is 14.2 Å². The second-order valence-corrected chi connectivity index (χ2v) is 7.26. The van der Waals surface area contributed by atoms with Gasteiger partial charge in [0.1, 0.15) is 12.4 Å². The van der Waals surface area contributed by atoms with E-state index in [0.717, 1.165) is 11.1 Å². The Morgan fingerprint density at radius 2 is 1.75 bits per heavy atom. The van der Waals surface area contributed by atoms with Crippen LogP contribution >= 0.6 is 11.6 Å². The maximum Gasteiger partial charge on any atom is 0.363 e. The minimum atomic E-state index is -0.520. The van der Waals surface area contributed by atoms with Crippen molar-refractivity contribution in [3.63, 3.8) is 0 Å². The summed E-state index contributed by atoms with van der Waals surface area (Å²) in [6, 6.07) is 19.9. The van der Waals surface area contributed by atoms with Crippen molar-refractivity contribution in [1.29, 1.82) is 0 Å². The second-order valence-electron chi connectivity index (χ2n) is 6.85. The summed E-state index contributed by atoms with van der Waals surface area (Å²) >= 11 is 6.19. The molecule has 0 aliphatic carbocycles. The number of halogens is 1. The lowest BCUT2D eigenvalue weighted by molar-refractivity contribution is -0.129. The molecule has 1 heterocycles. The van der Waals surface area contributed by atoms with E-state index in [1.165, 1.54) is 0 Å². The molecule has 1 aliphatic heterocycles. The van der Waals surface area contributed by atoms with Gasteiger partial charge in [0.25, 0.3) is 0 Å². The molecule has 0 unspecified atom stereocenters. The third-order valence-electron chi connectivity index (χ3n) is 4.79. The summed E-state index contributed by atoms with van der Waals surface area (Å²) in [5.41, 5.74) is 2.47. The smallest absolute Gasteiger partial charge is 0.363 e. The van der Waals surface area contributed by atoms with Gasteiger partial charge in [0, 0.05) is 16.1 Å². The molecule has 0 atom stereocenters. The summed E-state index contributed by atoms with van der Waals surface area (Å²) in [4.78, 5) is 16.6. The van der Waals surface area contributed by atoms with E-state index in [-0.39, 0.29) is 11.6 Å². The van der Waals surface area contributed by atoms with Crippen molar-refractivity contribution in [2.75, 3.05) is 14.2 Å². The number of carbonyl (C=O) groups is 1. The molecule has 3 aromatic carbocycles. The van der Waals surface area contributed by atoms with Crippen molar-refractivity contribution >= 4 is 29.5 Å². The van der Waals surface area contributed by atoms with Crippen molar-refractivity contribution in [2.24, 2.45) is 4.99 Å². The molecule has 6 nitrogen and oxygen atoms in total. The van der Waals surface area contributed by atoms with E-state index in [0.29, 0.717) is 34.4 Å². The van der Waals surface area contributed by atoms with Gasteiger partial charge in [-0.2, -0.15) is 0 Å². The highest BCUT2D eigenvalue weighted by Crippen LogP contribution is 2.31. The predicted molar refractivity (Wildman–Crippen MR) is 122 cm³/mol. The van der Waals surface area contributed by atoms with Gasteiger partial charge in [-0.15, -0.1) is 0 Å². The first-order chi connectivity index (χ1) is 15.6. The lowest BCUT2D eigenvalue weighted by atomic mass is 10.1. The molecule has 0 saturated heterocycles. The van der Waals surface area contributed by atoms with Crippen LogP contribution in [0.1, 0.15) is 16.7 Å². The van der Waals surface area contributed by atoms with E-state index in [2.05, 4.69) is 4.99 Å². The van der Waals surface area contributed by atoms with E-state index in [1.54, 1.807) is 56.7 Å². The van der Waals surface area contributed by atoms with Crippen LogP contribution in [0.2, 0.25) is 5.02 Å². The fraction of sp³-hybridized carbons (Fsp3) is 0.120. The number of rotatable bonds is 7. The molecule has 0 radical (unpaired) electrons. The number of carbonyl (C=O) groups excluding carboxylic acids is 1. The van der Waals surface area contributed by atoms with Crippen LogP contribution in [0.15, 0.2) is 77.4 Å². The number of hydrogen-bond donors (Lipinski definition) is 0. The van der Waals surface area contributed by atoms with Crippen LogP contribution in [-0.4, -0.2) is 26.1 Å². The first-order valence-corrected chi connectivity index (χ1v) is 10.2. The van der Waals surface area contributed by atoms with Gasteiger partial charge < -0.3 is 18.9 Å². The zero-order valence-electron chi connectivity index (χ0n) is 17.5. The van der Waals surface area contributed by atoms with Gasteiger partial charge in [-0.1, -0.05) is 35.9 Å². The Bertz CT molecular complexity index is 1200.